The zero-order valence-electron chi connectivity index (χ0n) is 19.3. The van der Waals surface area contributed by atoms with E-state index >= 15 is 0 Å². The van der Waals surface area contributed by atoms with Gasteiger partial charge in [0.05, 0.1) is 12.7 Å². The van der Waals surface area contributed by atoms with E-state index in [-0.39, 0.29) is 11.8 Å². The molecule has 0 aromatic heterocycles. The van der Waals surface area contributed by atoms with Crippen LogP contribution in [0.15, 0.2) is 66.7 Å². The van der Waals surface area contributed by atoms with Crippen LogP contribution in [0.4, 0.5) is 11.4 Å². The minimum atomic E-state index is -0.202. The number of ether oxygens (including phenoxy) is 1. The van der Waals surface area contributed by atoms with Gasteiger partial charge in [0.15, 0.2) is 0 Å². The molecule has 6 nitrogen and oxygen atoms in total. The SMILES string of the molecule is COc1c(C)cccc1C(=O)Nc1ccc(N2CCN(C(=O)c3ccc(C)cc3)CC2)cc1. The van der Waals surface area contributed by atoms with Crippen molar-refractivity contribution in [1.82, 2.24) is 4.90 Å². The van der Waals surface area contributed by atoms with Gasteiger partial charge >= 0.3 is 0 Å². The second kappa shape index (κ2) is 9.77. The first-order valence-electron chi connectivity index (χ1n) is 11.1. The highest BCUT2D eigenvalue weighted by molar-refractivity contribution is 6.06. The molecule has 1 heterocycles. The summed E-state index contributed by atoms with van der Waals surface area (Å²) in [6.07, 6.45) is 0. The molecule has 33 heavy (non-hydrogen) atoms. The van der Waals surface area contributed by atoms with E-state index in [4.69, 9.17) is 4.74 Å². The number of methoxy groups -OCH3 is 1. The number of hydrogen-bond donors (Lipinski definition) is 1. The van der Waals surface area contributed by atoms with Gasteiger partial charge in [0.1, 0.15) is 5.75 Å². The number of hydrogen-bond acceptors (Lipinski definition) is 4. The number of aryl methyl sites for hydroxylation is 2. The minimum absolute atomic E-state index is 0.0827. The number of piperazine rings is 1. The highest BCUT2D eigenvalue weighted by Gasteiger charge is 2.22. The van der Waals surface area contributed by atoms with Crippen LogP contribution in [0, 0.1) is 13.8 Å². The number of nitrogens with zero attached hydrogens (tertiary/aromatic N) is 2. The molecule has 0 radical (unpaired) electrons. The van der Waals surface area contributed by atoms with E-state index in [0.717, 1.165) is 41.2 Å². The molecule has 3 aromatic carbocycles. The van der Waals surface area contributed by atoms with Crippen molar-refractivity contribution in [3.8, 4) is 5.75 Å². The van der Waals surface area contributed by atoms with Gasteiger partial charge < -0.3 is 19.9 Å². The number of nitrogens with one attached hydrogen (secondary N) is 1. The van der Waals surface area contributed by atoms with Gasteiger partial charge in [-0.25, -0.2) is 0 Å². The van der Waals surface area contributed by atoms with Gasteiger partial charge in [-0.1, -0.05) is 29.8 Å². The molecule has 3 aromatic rings. The third kappa shape index (κ3) is 5.00. The number of carbonyl (C=O) groups is 2. The molecule has 1 aliphatic heterocycles. The molecule has 4 rings (SSSR count). The summed E-state index contributed by atoms with van der Waals surface area (Å²) in [6, 6.07) is 21.1. The van der Waals surface area contributed by atoms with E-state index in [9.17, 15) is 9.59 Å². The first-order chi connectivity index (χ1) is 16.0. The number of para-hydroxylation sites is 1. The molecule has 0 bridgehead atoms. The molecule has 1 aliphatic rings. The summed E-state index contributed by atoms with van der Waals surface area (Å²) < 4.78 is 5.40. The van der Waals surface area contributed by atoms with Crippen molar-refractivity contribution in [2.75, 3.05) is 43.5 Å². The molecule has 170 valence electrons. The third-order valence-corrected chi connectivity index (χ3v) is 6.02. The van der Waals surface area contributed by atoms with E-state index in [1.807, 2.05) is 79.4 Å². The first-order valence-corrected chi connectivity index (χ1v) is 11.1. The normalized spacial score (nSPS) is 13.5. The lowest BCUT2D eigenvalue weighted by atomic mass is 10.1. The van der Waals surface area contributed by atoms with Gasteiger partial charge in [0.2, 0.25) is 0 Å². The number of amides is 2. The van der Waals surface area contributed by atoms with E-state index < -0.39 is 0 Å². The van der Waals surface area contributed by atoms with E-state index in [2.05, 4.69) is 10.2 Å². The molecule has 0 saturated carbocycles. The summed E-state index contributed by atoms with van der Waals surface area (Å²) in [4.78, 5) is 29.6. The average molecular weight is 444 g/mol. The van der Waals surface area contributed by atoms with Crippen molar-refractivity contribution in [1.29, 1.82) is 0 Å². The predicted molar refractivity (Wildman–Crippen MR) is 131 cm³/mol. The van der Waals surface area contributed by atoms with Crippen LogP contribution in [0.25, 0.3) is 0 Å². The molecule has 1 N–H and O–H groups in total. The summed E-state index contributed by atoms with van der Waals surface area (Å²) in [6.45, 7) is 6.83. The van der Waals surface area contributed by atoms with Crippen molar-refractivity contribution in [2.24, 2.45) is 0 Å². The molecule has 0 aliphatic carbocycles. The van der Waals surface area contributed by atoms with Crippen LogP contribution in [0.2, 0.25) is 0 Å². The lowest BCUT2D eigenvalue weighted by Gasteiger charge is -2.36. The quantitative estimate of drug-likeness (QED) is 0.630. The van der Waals surface area contributed by atoms with Crippen LogP contribution < -0.4 is 15.0 Å². The zero-order chi connectivity index (χ0) is 23.4. The summed E-state index contributed by atoms with van der Waals surface area (Å²) >= 11 is 0. The van der Waals surface area contributed by atoms with Crippen LogP contribution >= 0.6 is 0 Å². The summed E-state index contributed by atoms with van der Waals surface area (Å²) in [5, 5.41) is 2.94. The zero-order valence-corrected chi connectivity index (χ0v) is 19.3. The van der Waals surface area contributed by atoms with Crippen molar-refractivity contribution in [2.45, 2.75) is 13.8 Å². The summed E-state index contributed by atoms with van der Waals surface area (Å²) in [5.74, 6) is 0.468. The van der Waals surface area contributed by atoms with Gasteiger partial charge in [0, 0.05) is 43.1 Å². The van der Waals surface area contributed by atoms with Gasteiger partial charge in [-0.05, 0) is 61.9 Å². The Bertz CT molecular complexity index is 1130. The van der Waals surface area contributed by atoms with Crippen molar-refractivity contribution in [3.63, 3.8) is 0 Å². The molecule has 1 fully saturated rings. The largest absolute Gasteiger partial charge is 0.496 e. The van der Waals surface area contributed by atoms with E-state index in [1.54, 1.807) is 13.2 Å². The smallest absolute Gasteiger partial charge is 0.259 e. The van der Waals surface area contributed by atoms with Crippen LogP contribution in [-0.4, -0.2) is 50.0 Å². The van der Waals surface area contributed by atoms with Crippen molar-refractivity contribution in [3.05, 3.63) is 89.0 Å². The topological polar surface area (TPSA) is 61.9 Å². The van der Waals surface area contributed by atoms with Gasteiger partial charge in [-0.3, -0.25) is 9.59 Å². The monoisotopic (exact) mass is 443 g/mol. The van der Waals surface area contributed by atoms with Crippen molar-refractivity contribution < 1.29 is 14.3 Å². The number of rotatable bonds is 5. The Hall–Kier alpha value is -3.80. The van der Waals surface area contributed by atoms with Crippen molar-refractivity contribution >= 4 is 23.2 Å². The predicted octanol–water partition coefficient (Wildman–Crippen LogP) is 4.53. The first kappa shape index (κ1) is 22.4. The van der Waals surface area contributed by atoms with Gasteiger partial charge in [-0.2, -0.15) is 0 Å². The molecule has 6 heteroatoms. The Kier molecular flexibility index (Phi) is 6.63. The Balaban J connectivity index is 1.35. The Labute approximate surface area is 194 Å². The Morgan fingerprint density at radius 1 is 0.848 bits per heavy atom. The fourth-order valence-electron chi connectivity index (χ4n) is 4.10. The highest BCUT2D eigenvalue weighted by Crippen LogP contribution is 2.25. The Morgan fingerprint density at radius 3 is 2.15 bits per heavy atom. The molecular weight excluding hydrogens is 414 g/mol. The second-order valence-electron chi connectivity index (χ2n) is 8.30. The molecule has 1 saturated heterocycles. The van der Waals surface area contributed by atoms with Gasteiger partial charge in [-0.15, -0.1) is 0 Å². The average Bonchev–Trinajstić information content (AvgIpc) is 2.84. The number of anilines is 2. The lowest BCUT2D eigenvalue weighted by Crippen LogP contribution is -2.48. The van der Waals surface area contributed by atoms with E-state index in [1.165, 1.54) is 0 Å². The number of benzene rings is 3. The number of carbonyl (C=O) groups excluding carboxylic acids is 2. The standard InChI is InChI=1S/C27H29N3O3/c1-19-7-9-21(10-8-19)27(32)30-17-15-29(16-18-30)23-13-11-22(12-14-23)28-26(31)24-6-4-5-20(2)25(24)33-3/h4-14H,15-18H2,1-3H3,(H,28,31). The summed E-state index contributed by atoms with van der Waals surface area (Å²) in [5.41, 5.74) is 5.11. The molecular formula is C27H29N3O3. The lowest BCUT2D eigenvalue weighted by molar-refractivity contribution is 0.0746. The van der Waals surface area contributed by atoms with Crippen LogP contribution in [0.5, 0.6) is 5.75 Å². The van der Waals surface area contributed by atoms with Crippen LogP contribution in [-0.2, 0) is 0 Å². The minimum Gasteiger partial charge on any atom is -0.496 e. The van der Waals surface area contributed by atoms with Crippen LogP contribution in [0.3, 0.4) is 0 Å². The second-order valence-corrected chi connectivity index (χ2v) is 8.30. The molecule has 0 spiro atoms. The molecule has 0 unspecified atom stereocenters. The Morgan fingerprint density at radius 2 is 1.52 bits per heavy atom. The maximum Gasteiger partial charge on any atom is 0.259 e. The summed E-state index contributed by atoms with van der Waals surface area (Å²) in [7, 11) is 1.57. The maximum absolute atomic E-state index is 12.7. The third-order valence-electron chi connectivity index (χ3n) is 6.02. The van der Waals surface area contributed by atoms with Crippen LogP contribution in [0.1, 0.15) is 31.8 Å². The molecule has 2 amide bonds. The maximum atomic E-state index is 12.7. The fraction of sp³-hybridized carbons (Fsp3) is 0.259. The fourth-order valence-corrected chi connectivity index (χ4v) is 4.10. The molecule has 0 atom stereocenters. The highest BCUT2D eigenvalue weighted by atomic mass is 16.5. The van der Waals surface area contributed by atoms with E-state index in [0.29, 0.717) is 24.4 Å². The van der Waals surface area contributed by atoms with Gasteiger partial charge in [0.25, 0.3) is 11.8 Å².